The molecule has 0 unspecified atom stereocenters. The van der Waals surface area contributed by atoms with Crippen LogP contribution in [0.5, 0.6) is 5.75 Å². The summed E-state index contributed by atoms with van der Waals surface area (Å²) in [6.45, 7) is 5.43. The number of rotatable bonds is 7. The van der Waals surface area contributed by atoms with Crippen molar-refractivity contribution in [3.8, 4) is 16.9 Å². The molecular formula is C18H18O4. The number of hydrogen-bond acceptors (Lipinski definition) is 4. The third-order valence-corrected chi connectivity index (χ3v) is 2.88. The largest absolute Gasteiger partial charge is 0.490 e. The molecule has 0 atom stereocenters. The van der Waals surface area contributed by atoms with Crippen LogP contribution in [0.1, 0.15) is 6.92 Å². The summed E-state index contributed by atoms with van der Waals surface area (Å²) in [6, 6.07) is 17.7. The van der Waals surface area contributed by atoms with Crippen LogP contribution in [-0.2, 0) is 14.6 Å². The highest BCUT2D eigenvalue weighted by Gasteiger charge is 2.06. The number of carbonyl (C=O) groups is 1. The van der Waals surface area contributed by atoms with Gasteiger partial charge in [-0.25, -0.2) is 4.79 Å². The van der Waals surface area contributed by atoms with Gasteiger partial charge in [-0.05, 0) is 18.6 Å². The normalized spacial score (nSPS) is 10.0. The van der Waals surface area contributed by atoms with E-state index < -0.39 is 5.97 Å². The minimum absolute atomic E-state index is 0.141. The summed E-state index contributed by atoms with van der Waals surface area (Å²) in [6.07, 6.45) is 0. The first-order valence-corrected chi connectivity index (χ1v) is 6.95. The molecule has 0 aromatic heterocycles. The van der Waals surface area contributed by atoms with E-state index in [-0.39, 0.29) is 18.8 Å². The van der Waals surface area contributed by atoms with Gasteiger partial charge in [0.25, 0.3) is 0 Å². The fraction of sp³-hybridized carbons (Fsp3) is 0.167. The molecular weight excluding hydrogens is 280 g/mol. The molecule has 2 rings (SSSR count). The topological polar surface area (TPSA) is 44.8 Å². The zero-order valence-electron chi connectivity index (χ0n) is 12.5. The van der Waals surface area contributed by atoms with Crippen LogP contribution >= 0.6 is 0 Å². The smallest absolute Gasteiger partial charge is 0.368 e. The van der Waals surface area contributed by atoms with E-state index in [4.69, 9.17) is 9.62 Å². The van der Waals surface area contributed by atoms with Gasteiger partial charge in [0.1, 0.15) is 19.0 Å². The fourth-order valence-corrected chi connectivity index (χ4v) is 1.80. The number of benzene rings is 2. The van der Waals surface area contributed by atoms with Crippen LogP contribution < -0.4 is 4.74 Å². The Bertz CT molecular complexity index is 635. The van der Waals surface area contributed by atoms with Gasteiger partial charge in [-0.15, -0.1) is 0 Å². The monoisotopic (exact) mass is 298 g/mol. The maximum absolute atomic E-state index is 11.1. The molecule has 22 heavy (non-hydrogen) atoms. The molecule has 2 aromatic carbocycles. The van der Waals surface area contributed by atoms with E-state index >= 15 is 0 Å². The minimum Gasteiger partial charge on any atom is -0.490 e. The first-order valence-electron chi connectivity index (χ1n) is 6.95. The van der Waals surface area contributed by atoms with Gasteiger partial charge < -0.3 is 4.74 Å². The Morgan fingerprint density at radius 3 is 2.41 bits per heavy atom. The van der Waals surface area contributed by atoms with E-state index in [0.29, 0.717) is 0 Å². The molecule has 0 heterocycles. The lowest BCUT2D eigenvalue weighted by atomic mass is 10.1. The number of ether oxygens (including phenoxy) is 1. The molecule has 0 saturated carbocycles. The van der Waals surface area contributed by atoms with E-state index in [1.165, 1.54) is 0 Å². The van der Waals surface area contributed by atoms with Gasteiger partial charge >= 0.3 is 5.97 Å². The van der Waals surface area contributed by atoms with Crippen LogP contribution in [0.4, 0.5) is 0 Å². The van der Waals surface area contributed by atoms with Gasteiger partial charge in [-0.1, -0.05) is 55.1 Å². The van der Waals surface area contributed by atoms with E-state index in [2.05, 4.69) is 11.5 Å². The molecule has 0 saturated heterocycles. The molecule has 0 bridgehead atoms. The second-order valence-electron chi connectivity index (χ2n) is 4.68. The summed E-state index contributed by atoms with van der Waals surface area (Å²) in [5, 5.41) is 0. The van der Waals surface area contributed by atoms with Crippen molar-refractivity contribution in [2.75, 3.05) is 13.2 Å². The van der Waals surface area contributed by atoms with E-state index in [1.807, 2.05) is 54.6 Å². The van der Waals surface area contributed by atoms with Crippen molar-refractivity contribution in [1.29, 1.82) is 0 Å². The first-order chi connectivity index (χ1) is 10.7. The third-order valence-electron chi connectivity index (χ3n) is 2.88. The van der Waals surface area contributed by atoms with Crippen LogP contribution in [0.25, 0.3) is 11.1 Å². The molecule has 0 aliphatic carbocycles. The predicted molar refractivity (Wildman–Crippen MR) is 84.2 cm³/mol. The minimum atomic E-state index is -0.579. The lowest BCUT2D eigenvalue weighted by Crippen LogP contribution is -2.11. The lowest BCUT2D eigenvalue weighted by molar-refractivity contribution is -0.270. The van der Waals surface area contributed by atoms with Crippen LogP contribution in [0.15, 0.2) is 66.7 Å². The quantitative estimate of drug-likeness (QED) is 0.338. The van der Waals surface area contributed by atoms with Crippen LogP contribution in [0, 0.1) is 0 Å². The summed E-state index contributed by atoms with van der Waals surface area (Å²) < 4.78 is 5.70. The maximum atomic E-state index is 11.1. The maximum Gasteiger partial charge on any atom is 0.368 e. The van der Waals surface area contributed by atoms with Crippen molar-refractivity contribution in [3.63, 3.8) is 0 Å². The van der Waals surface area contributed by atoms with Crippen molar-refractivity contribution in [1.82, 2.24) is 0 Å². The van der Waals surface area contributed by atoms with Gasteiger partial charge in [0, 0.05) is 11.1 Å². The summed E-state index contributed by atoms with van der Waals surface area (Å²) in [7, 11) is 0. The zero-order valence-corrected chi connectivity index (χ0v) is 12.5. The molecule has 0 aliphatic rings. The Morgan fingerprint density at radius 1 is 1.00 bits per heavy atom. The van der Waals surface area contributed by atoms with Crippen LogP contribution in [0.3, 0.4) is 0 Å². The van der Waals surface area contributed by atoms with Gasteiger partial charge in [0.2, 0.25) is 0 Å². The average molecular weight is 298 g/mol. The molecule has 0 radical (unpaired) electrons. The summed E-state index contributed by atoms with van der Waals surface area (Å²) in [5.74, 6) is 0.174. The highest BCUT2D eigenvalue weighted by molar-refractivity contribution is 5.86. The molecule has 4 nitrogen and oxygen atoms in total. The van der Waals surface area contributed by atoms with Crippen molar-refractivity contribution in [2.24, 2.45) is 0 Å². The fourth-order valence-electron chi connectivity index (χ4n) is 1.80. The molecule has 0 spiro atoms. The summed E-state index contributed by atoms with van der Waals surface area (Å²) in [5.41, 5.74) is 2.37. The molecule has 0 amide bonds. The van der Waals surface area contributed by atoms with E-state index in [9.17, 15) is 4.79 Å². The van der Waals surface area contributed by atoms with E-state index in [1.54, 1.807) is 6.92 Å². The second-order valence-corrected chi connectivity index (χ2v) is 4.68. The third kappa shape index (κ3) is 4.46. The van der Waals surface area contributed by atoms with Gasteiger partial charge in [0.15, 0.2) is 0 Å². The molecule has 0 aliphatic heterocycles. The Morgan fingerprint density at radius 2 is 1.68 bits per heavy atom. The molecule has 0 fully saturated rings. The van der Waals surface area contributed by atoms with Crippen molar-refractivity contribution in [3.05, 3.63) is 66.7 Å². The highest BCUT2D eigenvalue weighted by atomic mass is 17.2. The van der Waals surface area contributed by atoms with Crippen molar-refractivity contribution in [2.45, 2.75) is 6.92 Å². The van der Waals surface area contributed by atoms with Crippen molar-refractivity contribution < 1.29 is 19.3 Å². The number of carbonyl (C=O) groups excluding carboxylic acids is 1. The standard InChI is InChI=1S/C18H18O4/c1-14(2)18(19)22-21-13-12-20-17-11-7-6-10-16(17)15-8-4-3-5-9-15/h3-11H,1,12-13H2,2H3. The number of hydrogen-bond donors (Lipinski definition) is 0. The zero-order chi connectivity index (χ0) is 15.8. The molecule has 2 aromatic rings. The Hall–Kier alpha value is -2.59. The van der Waals surface area contributed by atoms with E-state index in [0.717, 1.165) is 16.9 Å². The van der Waals surface area contributed by atoms with Crippen LogP contribution in [0.2, 0.25) is 0 Å². The number of para-hydroxylation sites is 1. The molecule has 4 heteroatoms. The predicted octanol–water partition coefficient (Wildman–Crippen LogP) is 3.78. The summed E-state index contributed by atoms with van der Waals surface area (Å²) in [4.78, 5) is 20.5. The first kappa shape index (κ1) is 15.8. The molecule has 0 N–H and O–H groups in total. The Labute approximate surface area is 129 Å². The van der Waals surface area contributed by atoms with Gasteiger partial charge in [-0.3, -0.25) is 4.89 Å². The van der Waals surface area contributed by atoms with Gasteiger partial charge in [0.05, 0.1) is 0 Å². The van der Waals surface area contributed by atoms with Crippen molar-refractivity contribution >= 4 is 5.97 Å². The molecule has 114 valence electrons. The second kappa shape index (κ2) is 8.00. The lowest BCUT2D eigenvalue weighted by Gasteiger charge is -2.11. The van der Waals surface area contributed by atoms with Crippen LogP contribution in [-0.4, -0.2) is 19.2 Å². The highest BCUT2D eigenvalue weighted by Crippen LogP contribution is 2.29. The average Bonchev–Trinajstić information content (AvgIpc) is 2.55. The summed E-state index contributed by atoms with van der Waals surface area (Å²) >= 11 is 0. The Kier molecular flexibility index (Phi) is 5.74. The SMILES string of the molecule is C=C(C)C(=O)OOCCOc1ccccc1-c1ccccc1. The van der Waals surface area contributed by atoms with Gasteiger partial charge in [-0.2, -0.15) is 4.89 Å². The Balaban J connectivity index is 1.89.